The van der Waals surface area contributed by atoms with E-state index in [0.29, 0.717) is 12.2 Å². The Morgan fingerprint density at radius 3 is 2.75 bits per heavy atom. The highest BCUT2D eigenvalue weighted by Gasteiger charge is 2.33. The van der Waals surface area contributed by atoms with E-state index in [1.165, 1.54) is 4.88 Å². The van der Waals surface area contributed by atoms with Crippen LogP contribution < -0.4 is 0 Å². The standard InChI is InChI=1S/C13H18N4O2S/c1-4-9-6-7-10(20-9)11-14-15-16-17(11)8-13(3,5-2)12(18)19/h6-7H,4-5,8H2,1-3H3,(H,18,19). The number of tetrazole rings is 1. The van der Waals surface area contributed by atoms with Crippen molar-refractivity contribution in [3.63, 3.8) is 0 Å². The lowest BCUT2D eigenvalue weighted by molar-refractivity contribution is -0.149. The second-order valence-electron chi connectivity index (χ2n) is 5.00. The third-order valence-corrected chi connectivity index (χ3v) is 4.78. The molecule has 2 aromatic rings. The summed E-state index contributed by atoms with van der Waals surface area (Å²) in [4.78, 5) is 13.6. The number of aryl methyl sites for hydroxylation is 1. The van der Waals surface area contributed by atoms with Crippen LogP contribution in [0.25, 0.3) is 10.7 Å². The molecule has 2 aromatic heterocycles. The molecule has 2 rings (SSSR count). The average Bonchev–Trinajstić information content (AvgIpc) is 3.06. The lowest BCUT2D eigenvalue weighted by atomic mass is 9.88. The summed E-state index contributed by atoms with van der Waals surface area (Å²) in [5, 5.41) is 21.0. The summed E-state index contributed by atoms with van der Waals surface area (Å²) in [6.45, 7) is 5.93. The molecular formula is C13H18N4O2S. The molecule has 6 nitrogen and oxygen atoms in total. The number of aromatic nitrogens is 4. The van der Waals surface area contributed by atoms with Crippen LogP contribution in [0.1, 0.15) is 32.1 Å². The topological polar surface area (TPSA) is 80.9 Å². The van der Waals surface area contributed by atoms with Crippen LogP contribution in [0.5, 0.6) is 0 Å². The van der Waals surface area contributed by atoms with Crippen LogP contribution in [0.4, 0.5) is 0 Å². The van der Waals surface area contributed by atoms with Crippen LogP contribution in [0.15, 0.2) is 12.1 Å². The predicted octanol–water partition coefficient (Wildman–Crippen LogP) is 2.46. The van der Waals surface area contributed by atoms with Crippen molar-refractivity contribution in [1.82, 2.24) is 20.2 Å². The molecule has 20 heavy (non-hydrogen) atoms. The van der Waals surface area contributed by atoms with Crippen LogP contribution in [-0.2, 0) is 17.8 Å². The summed E-state index contributed by atoms with van der Waals surface area (Å²) in [7, 11) is 0. The van der Waals surface area contributed by atoms with Crippen molar-refractivity contribution in [3.8, 4) is 10.7 Å². The number of hydrogen-bond acceptors (Lipinski definition) is 5. The summed E-state index contributed by atoms with van der Waals surface area (Å²) in [5.74, 6) is -0.197. The molecular weight excluding hydrogens is 276 g/mol. The molecule has 1 N–H and O–H groups in total. The first-order chi connectivity index (χ1) is 9.50. The van der Waals surface area contributed by atoms with E-state index in [4.69, 9.17) is 0 Å². The van der Waals surface area contributed by atoms with Gasteiger partial charge in [0.15, 0.2) is 5.82 Å². The molecule has 0 aliphatic carbocycles. The van der Waals surface area contributed by atoms with Gasteiger partial charge in [0.1, 0.15) is 0 Å². The summed E-state index contributed by atoms with van der Waals surface area (Å²) in [5.41, 5.74) is -0.866. The molecule has 0 fully saturated rings. The van der Waals surface area contributed by atoms with Crippen LogP contribution in [0.2, 0.25) is 0 Å². The third kappa shape index (κ3) is 2.72. The van der Waals surface area contributed by atoms with Crippen LogP contribution in [-0.4, -0.2) is 31.3 Å². The number of carboxylic acid groups (broad SMARTS) is 1. The third-order valence-electron chi connectivity index (χ3n) is 3.56. The zero-order valence-corrected chi connectivity index (χ0v) is 12.6. The molecule has 0 saturated heterocycles. The second-order valence-corrected chi connectivity index (χ2v) is 6.17. The molecule has 0 bridgehead atoms. The maximum atomic E-state index is 11.4. The summed E-state index contributed by atoms with van der Waals surface area (Å²) in [6, 6.07) is 4.03. The second kappa shape index (κ2) is 5.70. The van der Waals surface area contributed by atoms with Crippen molar-refractivity contribution in [3.05, 3.63) is 17.0 Å². The fourth-order valence-electron chi connectivity index (χ4n) is 1.84. The Labute approximate surface area is 121 Å². The minimum Gasteiger partial charge on any atom is -0.481 e. The summed E-state index contributed by atoms with van der Waals surface area (Å²) >= 11 is 1.64. The fraction of sp³-hybridized carbons (Fsp3) is 0.538. The Balaban J connectivity index is 2.31. The molecule has 0 aliphatic rings. The number of thiophene rings is 1. The molecule has 1 atom stereocenters. The van der Waals surface area contributed by atoms with Gasteiger partial charge in [-0.1, -0.05) is 13.8 Å². The van der Waals surface area contributed by atoms with Gasteiger partial charge in [-0.15, -0.1) is 16.4 Å². The molecule has 0 aliphatic heterocycles. The summed E-state index contributed by atoms with van der Waals surface area (Å²) in [6.07, 6.45) is 1.49. The van der Waals surface area contributed by atoms with Crippen molar-refractivity contribution < 1.29 is 9.90 Å². The lowest BCUT2D eigenvalue weighted by Crippen LogP contribution is -2.32. The van der Waals surface area contributed by atoms with Gasteiger partial charge in [-0.2, -0.15) is 0 Å². The van der Waals surface area contributed by atoms with Gasteiger partial charge in [-0.25, -0.2) is 4.68 Å². The van der Waals surface area contributed by atoms with Crippen molar-refractivity contribution >= 4 is 17.3 Å². The maximum absolute atomic E-state index is 11.4. The number of carboxylic acids is 1. The van der Waals surface area contributed by atoms with Crippen molar-refractivity contribution in [2.75, 3.05) is 0 Å². The Morgan fingerprint density at radius 1 is 1.45 bits per heavy atom. The highest BCUT2D eigenvalue weighted by molar-refractivity contribution is 7.15. The van der Waals surface area contributed by atoms with E-state index in [9.17, 15) is 9.90 Å². The minimum absolute atomic E-state index is 0.264. The normalized spacial score (nSPS) is 14.2. The van der Waals surface area contributed by atoms with E-state index < -0.39 is 11.4 Å². The van der Waals surface area contributed by atoms with Gasteiger partial charge in [0.25, 0.3) is 0 Å². The highest BCUT2D eigenvalue weighted by Crippen LogP contribution is 2.29. The number of aliphatic carboxylic acids is 1. The largest absolute Gasteiger partial charge is 0.481 e. The van der Waals surface area contributed by atoms with Crippen LogP contribution >= 0.6 is 11.3 Å². The molecule has 0 amide bonds. The Kier molecular flexibility index (Phi) is 4.17. The smallest absolute Gasteiger partial charge is 0.311 e. The van der Waals surface area contributed by atoms with E-state index in [0.717, 1.165) is 11.3 Å². The minimum atomic E-state index is -0.866. The monoisotopic (exact) mass is 294 g/mol. The van der Waals surface area contributed by atoms with Crippen molar-refractivity contribution in [2.45, 2.75) is 40.2 Å². The molecule has 108 valence electrons. The van der Waals surface area contributed by atoms with E-state index >= 15 is 0 Å². The molecule has 0 aromatic carbocycles. The van der Waals surface area contributed by atoms with Gasteiger partial charge in [0, 0.05) is 4.88 Å². The molecule has 7 heteroatoms. The molecule has 0 spiro atoms. The SMILES string of the molecule is CCc1ccc(-c2nnnn2CC(C)(CC)C(=O)O)s1. The van der Waals surface area contributed by atoms with Gasteiger partial charge < -0.3 is 5.11 Å². The number of nitrogens with zero attached hydrogens (tertiary/aromatic N) is 4. The number of rotatable bonds is 6. The quantitative estimate of drug-likeness (QED) is 0.885. The van der Waals surface area contributed by atoms with E-state index in [2.05, 4.69) is 28.5 Å². The molecule has 0 saturated carbocycles. The summed E-state index contributed by atoms with van der Waals surface area (Å²) < 4.78 is 1.59. The predicted molar refractivity (Wildman–Crippen MR) is 76.5 cm³/mol. The van der Waals surface area contributed by atoms with Crippen LogP contribution in [0.3, 0.4) is 0 Å². The highest BCUT2D eigenvalue weighted by atomic mass is 32.1. The Bertz CT molecular complexity index is 607. The van der Waals surface area contributed by atoms with Crippen molar-refractivity contribution in [1.29, 1.82) is 0 Å². The average molecular weight is 294 g/mol. The first-order valence-electron chi connectivity index (χ1n) is 6.58. The van der Waals surface area contributed by atoms with Gasteiger partial charge in [0.2, 0.25) is 0 Å². The van der Waals surface area contributed by atoms with Crippen molar-refractivity contribution in [2.24, 2.45) is 5.41 Å². The van der Waals surface area contributed by atoms with Gasteiger partial charge in [-0.3, -0.25) is 4.79 Å². The van der Waals surface area contributed by atoms with E-state index in [1.54, 1.807) is 22.9 Å². The maximum Gasteiger partial charge on any atom is 0.311 e. The first kappa shape index (κ1) is 14.6. The molecule has 1 unspecified atom stereocenters. The van der Waals surface area contributed by atoms with E-state index in [1.807, 2.05) is 13.0 Å². The Morgan fingerprint density at radius 2 is 2.20 bits per heavy atom. The first-order valence-corrected chi connectivity index (χ1v) is 7.40. The van der Waals surface area contributed by atoms with Gasteiger partial charge in [-0.05, 0) is 42.3 Å². The number of carbonyl (C=O) groups is 1. The van der Waals surface area contributed by atoms with E-state index in [-0.39, 0.29) is 6.54 Å². The molecule has 2 heterocycles. The lowest BCUT2D eigenvalue weighted by Gasteiger charge is -2.22. The number of hydrogen-bond donors (Lipinski definition) is 1. The zero-order chi connectivity index (χ0) is 14.8. The molecule has 0 radical (unpaired) electrons. The zero-order valence-electron chi connectivity index (χ0n) is 11.8. The van der Waals surface area contributed by atoms with Gasteiger partial charge >= 0.3 is 5.97 Å². The van der Waals surface area contributed by atoms with Gasteiger partial charge in [0.05, 0.1) is 16.8 Å². The Hall–Kier alpha value is -1.76. The van der Waals surface area contributed by atoms with Crippen LogP contribution in [0, 0.1) is 5.41 Å². The fourth-order valence-corrected chi connectivity index (χ4v) is 2.77.